The summed E-state index contributed by atoms with van der Waals surface area (Å²) in [7, 11) is 0. The number of allylic oxidation sites excluding steroid dienone is 3. The number of nitrogens with zero attached hydrogens (tertiary/aromatic N) is 3. The summed E-state index contributed by atoms with van der Waals surface area (Å²) in [5.74, 6) is 0.851. The van der Waals surface area contributed by atoms with Crippen LogP contribution in [0, 0.1) is 23.8 Å². The van der Waals surface area contributed by atoms with E-state index in [1.165, 1.54) is 19.3 Å². The van der Waals surface area contributed by atoms with Crippen molar-refractivity contribution in [1.82, 2.24) is 15.5 Å². The number of benzene rings is 1. The van der Waals surface area contributed by atoms with Crippen molar-refractivity contribution in [2.24, 2.45) is 5.92 Å². The van der Waals surface area contributed by atoms with E-state index < -0.39 is 0 Å². The van der Waals surface area contributed by atoms with Gasteiger partial charge in [-0.2, -0.15) is 5.26 Å². The molecule has 1 aliphatic heterocycles. The van der Waals surface area contributed by atoms with Crippen LogP contribution in [-0.2, 0) is 0 Å². The maximum Gasteiger partial charge on any atom is 0.240 e. The van der Waals surface area contributed by atoms with E-state index in [0.717, 1.165) is 27.9 Å². The van der Waals surface area contributed by atoms with Crippen LogP contribution in [0.25, 0.3) is 15.7 Å². The molecule has 1 aromatic carbocycles. The van der Waals surface area contributed by atoms with Crippen molar-refractivity contribution in [3.63, 3.8) is 0 Å². The fourth-order valence-corrected chi connectivity index (χ4v) is 3.76. The molecule has 6 heteroatoms. The molecule has 2 heterocycles. The van der Waals surface area contributed by atoms with Gasteiger partial charge in [0.1, 0.15) is 0 Å². The molecule has 27 heavy (non-hydrogen) atoms. The number of H-pyrrole nitrogens is 1. The molecule has 0 bridgehead atoms. The lowest BCUT2D eigenvalue weighted by Gasteiger charge is -2.26. The van der Waals surface area contributed by atoms with Crippen molar-refractivity contribution >= 4 is 10.9 Å². The molecule has 1 saturated carbocycles. The maximum absolute atomic E-state index is 9.68. The van der Waals surface area contributed by atoms with E-state index in [1.54, 1.807) is 0 Å². The first-order valence-electron chi connectivity index (χ1n) is 9.19. The monoisotopic (exact) mass is 359 g/mol. The Kier molecular flexibility index (Phi) is 4.33. The van der Waals surface area contributed by atoms with Crippen molar-refractivity contribution in [3.05, 3.63) is 57.8 Å². The second-order valence-electron chi connectivity index (χ2n) is 7.27. The molecule has 0 spiro atoms. The van der Waals surface area contributed by atoms with E-state index in [1.807, 2.05) is 32.0 Å². The molecule has 1 aliphatic carbocycles. The molecule has 6 nitrogen and oxygen atoms in total. The quantitative estimate of drug-likeness (QED) is 0.794. The van der Waals surface area contributed by atoms with Crippen LogP contribution in [0.4, 0.5) is 0 Å². The number of nitriles is 1. The molecule has 2 aromatic rings. The molecule has 1 unspecified atom stereocenters. The van der Waals surface area contributed by atoms with Gasteiger partial charge in [-0.25, -0.2) is 4.85 Å². The van der Waals surface area contributed by atoms with Crippen molar-refractivity contribution in [2.45, 2.75) is 39.0 Å². The third-order valence-corrected chi connectivity index (χ3v) is 5.53. The van der Waals surface area contributed by atoms with Gasteiger partial charge in [-0.1, -0.05) is 12.5 Å². The highest BCUT2D eigenvalue weighted by molar-refractivity contribution is 5.85. The summed E-state index contributed by atoms with van der Waals surface area (Å²) in [5.41, 5.74) is 4.51. The van der Waals surface area contributed by atoms with Crippen molar-refractivity contribution < 1.29 is 4.74 Å². The van der Waals surface area contributed by atoms with E-state index in [9.17, 15) is 5.26 Å². The Morgan fingerprint density at radius 1 is 1.33 bits per heavy atom. The van der Waals surface area contributed by atoms with E-state index in [0.29, 0.717) is 29.7 Å². The number of rotatable bonds is 4. The van der Waals surface area contributed by atoms with Gasteiger partial charge in [0.05, 0.1) is 41.6 Å². The number of hydrogen-bond acceptors (Lipinski definition) is 4. The third kappa shape index (κ3) is 2.94. The second-order valence-corrected chi connectivity index (χ2v) is 7.27. The normalized spacial score (nSPS) is 20.1. The lowest BCUT2D eigenvalue weighted by molar-refractivity contribution is 0.177. The molecule has 0 saturated heterocycles. The Morgan fingerprint density at radius 3 is 2.81 bits per heavy atom. The SMILES string of the molecule is [C-]#[N+]C1=C(C)NC(C)=C(C#N)C1c1ccc2[nH]nc(OCC3CCC3)c2c1. The van der Waals surface area contributed by atoms with E-state index in [4.69, 9.17) is 11.3 Å². The number of aromatic amines is 1. The van der Waals surface area contributed by atoms with E-state index in [-0.39, 0.29) is 5.92 Å². The predicted octanol–water partition coefficient (Wildman–Crippen LogP) is 4.38. The van der Waals surface area contributed by atoms with Gasteiger partial charge < -0.3 is 10.1 Å². The van der Waals surface area contributed by atoms with Gasteiger partial charge in [0.2, 0.25) is 5.88 Å². The smallest absolute Gasteiger partial charge is 0.240 e. The van der Waals surface area contributed by atoms with Gasteiger partial charge in [0.15, 0.2) is 5.70 Å². The molecule has 4 rings (SSSR count). The first kappa shape index (κ1) is 17.2. The highest BCUT2D eigenvalue weighted by atomic mass is 16.5. The molecular weight excluding hydrogens is 338 g/mol. The molecular formula is C21H21N5O. The largest absolute Gasteiger partial charge is 0.476 e. The fourth-order valence-electron chi connectivity index (χ4n) is 3.76. The summed E-state index contributed by atoms with van der Waals surface area (Å²) in [5, 5.41) is 21.0. The number of hydrogen-bond donors (Lipinski definition) is 2. The number of aromatic nitrogens is 2. The molecule has 1 fully saturated rings. The van der Waals surface area contributed by atoms with Crippen LogP contribution in [0.2, 0.25) is 0 Å². The van der Waals surface area contributed by atoms with Crippen LogP contribution in [0.5, 0.6) is 5.88 Å². The van der Waals surface area contributed by atoms with Gasteiger partial charge in [0.25, 0.3) is 0 Å². The Balaban J connectivity index is 1.74. The summed E-state index contributed by atoms with van der Waals surface area (Å²) >= 11 is 0. The highest BCUT2D eigenvalue weighted by Crippen LogP contribution is 2.40. The maximum atomic E-state index is 9.68. The molecule has 2 aliphatic rings. The van der Waals surface area contributed by atoms with Crippen LogP contribution in [0.3, 0.4) is 0 Å². The Hall–Kier alpha value is -3.25. The highest BCUT2D eigenvalue weighted by Gasteiger charge is 2.30. The molecule has 0 radical (unpaired) electrons. The van der Waals surface area contributed by atoms with Gasteiger partial charge in [-0.3, -0.25) is 5.10 Å². The van der Waals surface area contributed by atoms with Crippen LogP contribution in [0.1, 0.15) is 44.6 Å². The van der Waals surface area contributed by atoms with Crippen molar-refractivity contribution in [3.8, 4) is 11.9 Å². The average Bonchev–Trinajstić information content (AvgIpc) is 3.02. The Labute approximate surface area is 158 Å². The molecule has 0 amide bonds. The van der Waals surface area contributed by atoms with Crippen molar-refractivity contribution in [1.29, 1.82) is 5.26 Å². The van der Waals surface area contributed by atoms with Crippen LogP contribution in [-0.4, -0.2) is 16.8 Å². The van der Waals surface area contributed by atoms with E-state index in [2.05, 4.69) is 26.4 Å². The van der Waals surface area contributed by atoms with Crippen LogP contribution >= 0.6 is 0 Å². The fraction of sp³-hybridized carbons (Fsp3) is 0.381. The minimum Gasteiger partial charge on any atom is -0.476 e. The number of dihydropyridines is 1. The predicted molar refractivity (Wildman–Crippen MR) is 102 cm³/mol. The topological polar surface area (TPSA) is 78.1 Å². The van der Waals surface area contributed by atoms with Crippen LogP contribution < -0.4 is 10.1 Å². The summed E-state index contributed by atoms with van der Waals surface area (Å²) in [6, 6.07) is 8.17. The first-order chi connectivity index (χ1) is 13.1. The van der Waals surface area contributed by atoms with Gasteiger partial charge in [0, 0.05) is 11.4 Å². The Bertz CT molecular complexity index is 1010. The Morgan fingerprint density at radius 2 is 2.15 bits per heavy atom. The van der Waals surface area contributed by atoms with Gasteiger partial charge in [-0.15, -0.1) is 5.10 Å². The summed E-state index contributed by atoms with van der Waals surface area (Å²) in [4.78, 5) is 3.71. The minimum atomic E-state index is -0.368. The molecule has 136 valence electrons. The zero-order valence-electron chi connectivity index (χ0n) is 15.5. The lowest BCUT2D eigenvalue weighted by atomic mass is 9.84. The zero-order valence-corrected chi connectivity index (χ0v) is 15.5. The minimum absolute atomic E-state index is 0.368. The number of fused-ring (bicyclic) bond motifs is 1. The van der Waals surface area contributed by atoms with Crippen molar-refractivity contribution in [2.75, 3.05) is 6.61 Å². The summed E-state index contributed by atoms with van der Waals surface area (Å²) < 4.78 is 5.95. The summed E-state index contributed by atoms with van der Waals surface area (Å²) in [6.45, 7) is 12.0. The zero-order chi connectivity index (χ0) is 19.0. The van der Waals surface area contributed by atoms with Gasteiger partial charge in [-0.05, 0) is 50.3 Å². The third-order valence-electron chi connectivity index (χ3n) is 5.53. The standard InChI is InChI=1S/C21H21N5O/c1-12-17(10-22)19(20(23-3)13(2)24-12)15-7-8-18-16(9-15)21(26-25-18)27-11-14-5-4-6-14/h7-9,14,19,24H,4-6,11H2,1-2H3,(H,25,26). The second kappa shape index (κ2) is 6.81. The molecule has 2 N–H and O–H groups in total. The average molecular weight is 359 g/mol. The molecule has 1 atom stereocenters. The summed E-state index contributed by atoms with van der Waals surface area (Å²) in [6.07, 6.45) is 3.72. The van der Waals surface area contributed by atoms with Crippen LogP contribution in [0.15, 0.2) is 40.9 Å². The lowest BCUT2D eigenvalue weighted by Crippen LogP contribution is -2.22. The first-order valence-corrected chi connectivity index (χ1v) is 9.19. The molecule has 1 aromatic heterocycles. The number of nitrogens with one attached hydrogen (secondary N) is 2. The number of ether oxygens (including phenoxy) is 1. The van der Waals surface area contributed by atoms with E-state index >= 15 is 0 Å². The van der Waals surface area contributed by atoms with Gasteiger partial charge >= 0.3 is 0 Å².